The summed E-state index contributed by atoms with van der Waals surface area (Å²) in [7, 11) is 0. The highest BCUT2D eigenvalue weighted by Crippen LogP contribution is 2.23. The van der Waals surface area contributed by atoms with Crippen molar-refractivity contribution in [3.8, 4) is 11.5 Å². The van der Waals surface area contributed by atoms with E-state index in [1.807, 2.05) is 30.3 Å². The van der Waals surface area contributed by atoms with Crippen LogP contribution in [0.1, 0.15) is 12.0 Å². The molecule has 5 heteroatoms. The van der Waals surface area contributed by atoms with Crippen LogP contribution in [0.15, 0.2) is 42.5 Å². The number of hydrogen-bond acceptors (Lipinski definition) is 3. The summed E-state index contributed by atoms with van der Waals surface area (Å²) >= 11 is 0. The summed E-state index contributed by atoms with van der Waals surface area (Å²) in [4.78, 5) is 0. The van der Waals surface area contributed by atoms with Crippen LogP contribution >= 0.6 is 0 Å². The number of halogens is 2. The molecule has 0 unspecified atom stereocenters. The van der Waals surface area contributed by atoms with Gasteiger partial charge in [0, 0.05) is 6.42 Å². The summed E-state index contributed by atoms with van der Waals surface area (Å²) in [6, 6.07) is 11.4. The lowest BCUT2D eigenvalue weighted by atomic mass is 10.2. The van der Waals surface area contributed by atoms with E-state index >= 15 is 0 Å². The third-order valence-electron chi connectivity index (χ3n) is 2.79. The molecule has 0 amide bonds. The van der Waals surface area contributed by atoms with E-state index in [0.29, 0.717) is 13.0 Å². The summed E-state index contributed by atoms with van der Waals surface area (Å²) in [6.45, 7) is 0.111. The first kappa shape index (κ1) is 15.3. The maximum Gasteiger partial charge on any atom is 0.190 e. The Kier molecular flexibility index (Phi) is 5.51. The van der Waals surface area contributed by atoms with Gasteiger partial charge in [-0.25, -0.2) is 8.78 Å². The van der Waals surface area contributed by atoms with Gasteiger partial charge in [-0.05, 0) is 29.8 Å². The fourth-order valence-corrected chi connectivity index (χ4v) is 1.78. The van der Waals surface area contributed by atoms with Gasteiger partial charge in [-0.15, -0.1) is 0 Å². The lowest BCUT2D eigenvalue weighted by molar-refractivity contribution is 0.233. The number of para-hydroxylation sites is 1. The molecule has 2 aromatic carbocycles. The molecule has 21 heavy (non-hydrogen) atoms. The van der Waals surface area contributed by atoms with Crippen LogP contribution in [0.5, 0.6) is 11.5 Å². The Morgan fingerprint density at radius 2 is 1.52 bits per heavy atom. The zero-order valence-corrected chi connectivity index (χ0v) is 11.4. The summed E-state index contributed by atoms with van der Waals surface area (Å²) in [5.74, 6) is -1.32. The van der Waals surface area contributed by atoms with Gasteiger partial charge in [0.25, 0.3) is 0 Å². The second-order valence-electron chi connectivity index (χ2n) is 4.41. The number of aliphatic hydroxyl groups is 1. The predicted octanol–water partition coefficient (Wildman–Crippen LogP) is 3.31. The molecule has 0 fully saturated rings. The van der Waals surface area contributed by atoms with E-state index in [9.17, 15) is 8.78 Å². The lowest BCUT2D eigenvalue weighted by Crippen LogP contribution is -2.07. The van der Waals surface area contributed by atoms with Gasteiger partial charge < -0.3 is 14.6 Å². The van der Waals surface area contributed by atoms with Gasteiger partial charge >= 0.3 is 0 Å². The van der Waals surface area contributed by atoms with Gasteiger partial charge in [0.2, 0.25) is 0 Å². The Labute approximate surface area is 121 Å². The summed E-state index contributed by atoms with van der Waals surface area (Å²) < 4.78 is 37.7. The fourth-order valence-electron chi connectivity index (χ4n) is 1.78. The molecule has 0 aliphatic heterocycles. The van der Waals surface area contributed by atoms with Gasteiger partial charge in [0.1, 0.15) is 5.75 Å². The van der Waals surface area contributed by atoms with Gasteiger partial charge in [0.15, 0.2) is 17.4 Å². The summed E-state index contributed by atoms with van der Waals surface area (Å²) in [5.41, 5.74) is 0.171. The van der Waals surface area contributed by atoms with Crippen molar-refractivity contribution in [3.05, 3.63) is 59.7 Å². The minimum absolute atomic E-state index is 0.138. The Bertz CT molecular complexity index is 550. The van der Waals surface area contributed by atoms with E-state index in [1.165, 1.54) is 0 Å². The molecule has 0 aliphatic rings. The normalized spacial score (nSPS) is 10.4. The first-order chi connectivity index (χ1) is 10.2. The molecule has 0 radical (unpaired) electrons. The smallest absolute Gasteiger partial charge is 0.190 e. The fraction of sp³-hybridized carbons (Fsp3) is 0.250. The second kappa shape index (κ2) is 7.59. The molecule has 2 rings (SSSR count). The molecule has 0 saturated carbocycles. The van der Waals surface area contributed by atoms with Gasteiger partial charge in [-0.3, -0.25) is 0 Å². The van der Waals surface area contributed by atoms with E-state index in [2.05, 4.69) is 0 Å². The standard InChI is InChI=1S/C16H16F2O3/c17-14-9-12(11-19)10-15(18)16(14)21-8-4-7-20-13-5-2-1-3-6-13/h1-3,5-6,9-10,19H,4,7-8,11H2. The highest BCUT2D eigenvalue weighted by atomic mass is 19.1. The first-order valence-electron chi connectivity index (χ1n) is 6.60. The minimum atomic E-state index is -0.817. The highest BCUT2D eigenvalue weighted by molar-refractivity contribution is 5.31. The topological polar surface area (TPSA) is 38.7 Å². The molecule has 0 aromatic heterocycles. The van der Waals surface area contributed by atoms with Gasteiger partial charge in [-0.1, -0.05) is 18.2 Å². The second-order valence-corrected chi connectivity index (χ2v) is 4.41. The maximum atomic E-state index is 13.6. The van der Waals surface area contributed by atoms with E-state index in [4.69, 9.17) is 14.6 Å². The Morgan fingerprint density at radius 3 is 2.14 bits per heavy atom. The van der Waals surface area contributed by atoms with Crippen LogP contribution in [0, 0.1) is 11.6 Å². The molecular formula is C16H16F2O3. The van der Waals surface area contributed by atoms with Crippen LogP contribution in [-0.2, 0) is 6.61 Å². The molecular weight excluding hydrogens is 278 g/mol. The predicted molar refractivity (Wildman–Crippen MR) is 74.3 cm³/mol. The average molecular weight is 294 g/mol. The Morgan fingerprint density at radius 1 is 0.905 bits per heavy atom. The van der Waals surface area contributed by atoms with Crippen LogP contribution in [-0.4, -0.2) is 18.3 Å². The van der Waals surface area contributed by atoms with E-state index in [1.54, 1.807) is 0 Å². The molecule has 2 aromatic rings. The van der Waals surface area contributed by atoms with Crippen molar-refractivity contribution in [3.63, 3.8) is 0 Å². The molecule has 1 N–H and O–H groups in total. The van der Waals surface area contributed by atoms with Gasteiger partial charge in [0.05, 0.1) is 19.8 Å². The quantitative estimate of drug-likeness (QED) is 0.796. The van der Waals surface area contributed by atoms with Crippen molar-refractivity contribution in [2.75, 3.05) is 13.2 Å². The Hall–Kier alpha value is -2.14. The summed E-state index contributed by atoms with van der Waals surface area (Å²) in [6.07, 6.45) is 0.496. The maximum absolute atomic E-state index is 13.6. The largest absolute Gasteiger partial charge is 0.493 e. The van der Waals surface area contributed by atoms with Gasteiger partial charge in [-0.2, -0.15) is 0 Å². The number of hydrogen-bond donors (Lipinski definition) is 1. The highest BCUT2D eigenvalue weighted by Gasteiger charge is 2.12. The molecule has 3 nitrogen and oxygen atoms in total. The van der Waals surface area contributed by atoms with Crippen molar-refractivity contribution in [1.82, 2.24) is 0 Å². The number of benzene rings is 2. The molecule has 0 aliphatic carbocycles. The number of aliphatic hydroxyl groups excluding tert-OH is 1. The zero-order chi connectivity index (χ0) is 15.1. The van der Waals surface area contributed by atoms with Crippen molar-refractivity contribution in [1.29, 1.82) is 0 Å². The van der Waals surface area contributed by atoms with Crippen molar-refractivity contribution in [2.45, 2.75) is 13.0 Å². The zero-order valence-electron chi connectivity index (χ0n) is 11.4. The molecule has 0 bridgehead atoms. The van der Waals surface area contributed by atoms with Crippen molar-refractivity contribution in [2.24, 2.45) is 0 Å². The van der Waals surface area contributed by atoms with Crippen LogP contribution in [0.2, 0.25) is 0 Å². The third kappa shape index (κ3) is 4.43. The molecule has 112 valence electrons. The summed E-state index contributed by atoms with van der Waals surface area (Å²) in [5, 5.41) is 8.84. The van der Waals surface area contributed by atoms with Crippen molar-refractivity contribution < 1.29 is 23.4 Å². The van der Waals surface area contributed by atoms with E-state index in [-0.39, 0.29) is 12.2 Å². The third-order valence-corrected chi connectivity index (χ3v) is 2.79. The van der Waals surface area contributed by atoms with E-state index in [0.717, 1.165) is 17.9 Å². The van der Waals surface area contributed by atoms with Crippen molar-refractivity contribution >= 4 is 0 Å². The number of ether oxygens (including phenoxy) is 2. The van der Waals surface area contributed by atoms with Crippen LogP contribution in [0.4, 0.5) is 8.78 Å². The average Bonchev–Trinajstić information content (AvgIpc) is 2.50. The molecule has 0 heterocycles. The Balaban J connectivity index is 1.79. The van der Waals surface area contributed by atoms with Crippen LogP contribution < -0.4 is 9.47 Å². The minimum Gasteiger partial charge on any atom is -0.493 e. The molecule has 0 atom stereocenters. The molecule has 0 spiro atoms. The first-order valence-corrected chi connectivity index (χ1v) is 6.60. The van der Waals surface area contributed by atoms with E-state index < -0.39 is 24.0 Å². The SMILES string of the molecule is OCc1cc(F)c(OCCCOc2ccccc2)c(F)c1. The lowest BCUT2D eigenvalue weighted by Gasteiger charge is -2.10. The number of rotatable bonds is 7. The molecule has 0 saturated heterocycles. The monoisotopic (exact) mass is 294 g/mol. The van der Waals surface area contributed by atoms with Crippen LogP contribution in [0.25, 0.3) is 0 Å². The van der Waals surface area contributed by atoms with Crippen LogP contribution in [0.3, 0.4) is 0 Å².